The van der Waals surface area contributed by atoms with Gasteiger partial charge < -0.3 is 15.8 Å². The SMILES string of the molecule is NC(=O)c1ccc2sc3ncnc(NC4CCC(N5CCOCC5)CC4)c3c2c1. The highest BCUT2D eigenvalue weighted by atomic mass is 32.1. The Morgan fingerprint density at radius 1 is 1.17 bits per heavy atom. The van der Waals surface area contributed by atoms with Gasteiger partial charge in [0.15, 0.2) is 0 Å². The van der Waals surface area contributed by atoms with E-state index in [0.29, 0.717) is 17.6 Å². The van der Waals surface area contributed by atoms with E-state index >= 15 is 0 Å². The number of morpholine rings is 1. The quantitative estimate of drug-likeness (QED) is 0.686. The average molecular weight is 412 g/mol. The van der Waals surface area contributed by atoms with Crippen molar-refractivity contribution in [2.24, 2.45) is 5.73 Å². The molecule has 1 saturated carbocycles. The molecule has 1 aliphatic heterocycles. The van der Waals surface area contributed by atoms with Crippen LogP contribution in [0.5, 0.6) is 0 Å². The molecule has 2 fully saturated rings. The molecular formula is C21H25N5O2S. The second-order valence-corrected chi connectivity index (χ2v) is 8.91. The zero-order valence-electron chi connectivity index (χ0n) is 16.3. The van der Waals surface area contributed by atoms with Crippen molar-refractivity contribution >= 4 is 43.4 Å². The predicted molar refractivity (Wildman–Crippen MR) is 115 cm³/mol. The molecular weight excluding hydrogens is 386 g/mol. The molecule has 0 spiro atoms. The van der Waals surface area contributed by atoms with Crippen LogP contribution in [0.3, 0.4) is 0 Å². The van der Waals surface area contributed by atoms with Crippen LogP contribution in [0.1, 0.15) is 36.0 Å². The van der Waals surface area contributed by atoms with Gasteiger partial charge in [-0.05, 0) is 43.9 Å². The van der Waals surface area contributed by atoms with Crippen molar-refractivity contribution in [3.8, 4) is 0 Å². The first-order valence-electron chi connectivity index (χ1n) is 10.2. The predicted octanol–water partition coefficient (Wildman–Crippen LogP) is 3.00. The van der Waals surface area contributed by atoms with Crippen molar-refractivity contribution < 1.29 is 9.53 Å². The number of carbonyl (C=O) groups excluding carboxylic acids is 1. The Kier molecular flexibility index (Phi) is 5.07. The third-order valence-corrected chi connectivity index (χ3v) is 7.23. The normalized spacial score (nSPS) is 23.4. The molecule has 1 amide bonds. The minimum Gasteiger partial charge on any atom is -0.379 e. The van der Waals surface area contributed by atoms with Gasteiger partial charge in [0.1, 0.15) is 17.0 Å². The Labute approximate surface area is 173 Å². The van der Waals surface area contributed by atoms with E-state index < -0.39 is 5.91 Å². The molecule has 0 unspecified atom stereocenters. The first-order chi connectivity index (χ1) is 14.2. The number of aromatic nitrogens is 2. The van der Waals surface area contributed by atoms with Gasteiger partial charge in [-0.3, -0.25) is 9.69 Å². The first-order valence-corrected chi connectivity index (χ1v) is 11.1. The molecule has 2 aliphatic rings. The van der Waals surface area contributed by atoms with Crippen molar-refractivity contribution in [3.63, 3.8) is 0 Å². The minimum atomic E-state index is -0.418. The molecule has 2 aromatic heterocycles. The number of fused-ring (bicyclic) bond motifs is 3. The van der Waals surface area contributed by atoms with E-state index in [1.807, 2.05) is 12.1 Å². The monoisotopic (exact) mass is 411 g/mol. The molecule has 1 aromatic carbocycles. The van der Waals surface area contributed by atoms with Crippen molar-refractivity contribution in [1.29, 1.82) is 0 Å². The van der Waals surface area contributed by atoms with Crippen LogP contribution in [0, 0.1) is 0 Å². The van der Waals surface area contributed by atoms with Crippen LogP contribution in [0.25, 0.3) is 20.3 Å². The molecule has 0 bridgehead atoms. The molecule has 0 atom stereocenters. The topological polar surface area (TPSA) is 93.4 Å². The van der Waals surface area contributed by atoms with Crippen LogP contribution in [0.15, 0.2) is 24.5 Å². The fourth-order valence-electron chi connectivity index (χ4n) is 4.59. The number of nitrogens with one attached hydrogen (secondary N) is 1. The number of benzene rings is 1. The number of ether oxygens (including phenoxy) is 1. The molecule has 3 N–H and O–H groups in total. The summed E-state index contributed by atoms with van der Waals surface area (Å²) in [5.74, 6) is 0.441. The zero-order valence-corrected chi connectivity index (χ0v) is 17.1. The fraction of sp³-hybridized carbons (Fsp3) is 0.476. The highest BCUT2D eigenvalue weighted by Gasteiger charge is 2.27. The number of anilines is 1. The van der Waals surface area contributed by atoms with Gasteiger partial charge in [-0.25, -0.2) is 9.97 Å². The van der Waals surface area contributed by atoms with Crippen LogP contribution in [0.2, 0.25) is 0 Å². The number of hydrogen-bond acceptors (Lipinski definition) is 7. The third kappa shape index (κ3) is 3.68. The van der Waals surface area contributed by atoms with E-state index in [2.05, 4.69) is 20.2 Å². The van der Waals surface area contributed by atoms with Crippen molar-refractivity contribution in [2.45, 2.75) is 37.8 Å². The highest BCUT2D eigenvalue weighted by molar-refractivity contribution is 7.25. The van der Waals surface area contributed by atoms with Gasteiger partial charge >= 0.3 is 0 Å². The number of primary amides is 1. The summed E-state index contributed by atoms with van der Waals surface area (Å²) in [5.41, 5.74) is 6.00. The summed E-state index contributed by atoms with van der Waals surface area (Å²) in [6.07, 6.45) is 6.27. The Hall–Kier alpha value is -2.29. The Bertz CT molecular complexity index is 1040. The van der Waals surface area contributed by atoms with E-state index in [4.69, 9.17) is 10.5 Å². The standard InChI is InChI=1S/C21H25N5O2S/c22-19(27)13-1-6-17-16(11-13)18-20(23-12-24-21(18)29-17)25-14-2-4-15(5-3-14)26-7-9-28-10-8-26/h1,6,11-12,14-15H,2-5,7-10H2,(H2,22,27)(H,23,24,25). The lowest BCUT2D eigenvalue weighted by atomic mass is 9.90. The van der Waals surface area contributed by atoms with Gasteiger partial charge in [-0.2, -0.15) is 0 Å². The fourth-order valence-corrected chi connectivity index (χ4v) is 5.62. The van der Waals surface area contributed by atoms with Crippen LogP contribution >= 0.6 is 11.3 Å². The molecule has 0 radical (unpaired) electrons. The van der Waals surface area contributed by atoms with Gasteiger partial charge in [0.2, 0.25) is 5.91 Å². The third-order valence-electron chi connectivity index (χ3n) is 6.15. The molecule has 7 nitrogen and oxygen atoms in total. The maximum Gasteiger partial charge on any atom is 0.248 e. The molecule has 3 aromatic rings. The molecule has 3 heterocycles. The largest absolute Gasteiger partial charge is 0.379 e. The second-order valence-electron chi connectivity index (χ2n) is 7.88. The van der Waals surface area contributed by atoms with Gasteiger partial charge in [-0.15, -0.1) is 11.3 Å². The summed E-state index contributed by atoms with van der Waals surface area (Å²) >= 11 is 1.62. The second kappa shape index (κ2) is 7.85. The molecule has 5 rings (SSSR count). The molecule has 1 aliphatic carbocycles. The number of rotatable bonds is 4. The van der Waals surface area contributed by atoms with Crippen LogP contribution in [-0.4, -0.2) is 59.2 Å². The van der Waals surface area contributed by atoms with E-state index in [9.17, 15) is 4.79 Å². The first kappa shape index (κ1) is 18.7. The highest BCUT2D eigenvalue weighted by Crippen LogP contribution is 2.37. The van der Waals surface area contributed by atoms with Crippen molar-refractivity contribution in [2.75, 3.05) is 31.6 Å². The summed E-state index contributed by atoms with van der Waals surface area (Å²) in [5, 5.41) is 5.65. The lowest BCUT2D eigenvalue weighted by Crippen LogP contribution is -2.46. The summed E-state index contributed by atoms with van der Waals surface area (Å²) in [6.45, 7) is 3.82. The van der Waals surface area contributed by atoms with Crippen LogP contribution in [-0.2, 0) is 4.74 Å². The van der Waals surface area contributed by atoms with E-state index in [1.54, 1.807) is 23.7 Å². The molecule has 1 saturated heterocycles. The number of thiophene rings is 1. The Morgan fingerprint density at radius 3 is 2.72 bits per heavy atom. The van der Waals surface area contributed by atoms with Gasteiger partial charge in [0, 0.05) is 40.8 Å². The lowest BCUT2D eigenvalue weighted by molar-refractivity contribution is 0.00791. The van der Waals surface area contributed by atoms with Crippen LogP contribution in [0.4, 0.5) is 5.82 Å². The van der Waals surface area contributed by atoms with E-state index in [0.717, 1.165) is 65.3 Å². The number of nitrogens with zero attached hydrogens (tertiary/aromatic N) is 3. The number of amides is 1. The summed E-state index contributed by atoms with van der Waals surface area (Å²) < 4.78 is 6.57. The van der Waals surface area contributed by atoms with Gasteiger partial charge in [0.05, 0.1) is 18.6 Å². The Balaban J connectivity index is 1.37. The molecule has 8 heteroatoms. The average Bonchev–Trinajstić information content (AvgIpc) is 3.13. The lowest BCUT2D eigenvalue weighted by Gasteiger charge is -2.39. The summed E-state index contributed by atoms with van der Waals surface area (Å²) in [6, 6.07) is 6.65. The number of hydrogen-bond donors (Lipinski definition) is 2. The smallest absolute Gasteiger partial charge is 0.248 e. The maximum absolute atomic E-state index is 11.6. The van der Waals surface area contributed by atoms with Crippen molar-refractivity contribution in [1.82, 2.24) is 14.9 Å². The number of nitrogens with two attached hydrogens (primary N) is 1. The maximum atomic E-state index is 11.6. The summed E-state index contributed by atoms with van der Waals surface area (Å²) in [7, 11) is 0. The van der Waals surface area contributed by atoms with E-state index in [1.165, 1.54) is 12.8 Å². The van der Waals surface area contributed by atoms with Gasteiger partial charge in [0.25, 0.3) is 0 Å². The number of carbonyl (C=O) groups is 1. The minimum absolute atomic E-state index is 0.402. The van der Waals surface area contributed by atoms with E-state index in [-0.39, 0.29) is 0 Å². The molecule has 29 heavy (non-hydrogen) atoms. The van der Waals surface area contributed by atoms with Crippen LogP contribution < -0.4 is 11.1 Å². The van der Waals surface area contributed by atoms with Gasteiger partial charge in [-0.1, -0.05) is 0 Å². The Morgan fingerprint density at radius 2 is 1.97 bits per heavy atom. The van der Waals surface area contributed by atoms with Crippen molar-refractivity contribution in [3.05, 3.63) is 30.1 Å². The summed E-state index contributed by atoms with van der Waals surface area (Å²) in [4.78, 5) is 24.1. The zero-order chi connectivity index (χ0) is 19.8. The molecule has 152 valence electrons.